The fourth-order valence-electron chi connectivity index (χ4n) is 2.95. The Morgan fingerprint density at radius 1 is 1.11 bits per heavy atom. The van der Waals surface area contributed by atoms with Crippen LogP contribution in [0.3, 0.4) is 0 Å². The zero-order valence-corrected chi connectivity index (χ0v) is 15.7. The fourth-order valence-corrected chi connectivity index (χ4v) is 2.95. The Balaban J connectivity index is 1.60. The summed E-state index contributed by atoms with van der Waals surface area (Å²) < 4.78 is 10.2. The Kier molecular flexibility index (Phi) is 6.43. The number of piperazine rings is 1. The zero-order valence-electron chi connectivity index (χ0n) is 15.7. The van der Waals surface area contributed by atoms with Crippen LogP contribution in [0.25, 0.3) is 11.3 Å². The first kappa shape index (κ1) is 18.9. The van der Waals surface area contributed by atoms with Gasteiger partial charge >= 0.3 is 6.03 Å². The molecule has 0 bridgehead atoms. The molecule has 0 saturated carbocycles. The van der Waals surface area contributed by atoms with Crippen LogP contribution in [0.15, 0.2) is 36.7 Å². The average molecular weight is 371 g/mol. The third-order valence-electron chi connectivity index (χ3n) is 4.51. The van der Waals surface area contributed by atoms with Gasteiger partial charge in [-0.1, -0.05) is 0 Å². The number of benzene rings is 1. The van der Waals surface area contributed by atoms with Crippen LogP contribution in [0.5, 0.6) is 5.75 Å². The molecule has 1 saturated heterocycles. The van der Waals surface area contributed by atoms with Gasteiger partial charge in [0.15, 0.2) is 0 Å². The molecule has 144 valence electrons. The molecule has 2 aromatic rings. The van der Waals surface area contributed by atoms with Gasteiger partial charge in [-0.3, -0.25) is 0 Å². The van der Waals surface area contributed by atoms with E-state index in [1.807, 2.05) is 35.2 Å². The molecule has 0 spiro atoms. The molecule has 27 heavy (non-hydrogen) atoms. The van der Waals surface area contributed by atoms with Crippen molar-refractivity contribution in [3.8, 4) is 17.0 Å². The SMILES string of the molecule is COCCNC(=O)N1CCN(c2cc(-c3ccc(OC)cc3)ncn2)CC1. The maximum atomic E-state index is 12.1. The Hall–Kier alpha value is -2.87. The number of nitrogens with one attached hydrogen (secondary N) is 1. The number of anilines is 1. The molecule has 1 N–H and O–H groups in total. The Morgan fingerprint density at radius 2 is 1.85 bits per heavy atom. The molecule has 1 aliphatic heterocycles. The Labute approximate surface area is 159 Å². The van der Waals surface area contributed by atoms with Crippen LogP contribution in [0, 0.1) is 0 Å². The van der Waals surface area contributed by atoms with Gasteiger partial charge in [0.2, 0.25) is 0 Å². The first-order valence-corrected chi connectivity index (χ1v) is 8.94. The normalized spacial score (nSPS) is 14.1. The van der Waals surface area contributed by atoms with Gasteiger partial charge in [0, 0.05) is 51.5 Å². The summed E-state index contributed by atoms with van der Waals surface area (Å²) in [7, 11) is 3.27. The lowest BCUT2D eigenvalue weighted by molar-refractivity contribution is 0.177. The van der Waals surface area contributed by atoms with Crippen molar-refractivity contribution >= 4 is 11.8 Å². The van der Waals surface area contributed by atoms with E-state index in [9.17, 15) is 4.79 Å². The van der Waals surface area contributed by atoms with Crippen LogP contribution >= 0.6 is 0 Å². The number of aromatic nitrogens is 2. The number of rotatable bonds is 6. The second kappa shape index (κ2) is 9.18. The Bertz CT molecular complexity index is 745. The predicted molar refractivity (Wildman–Crippen MR) is 103 cm³/mol. The van der Waals surface area contributed by atoms with Crippen LogP contribution in [0.2, 0.25) is 0 Å². The maximum Gasteiger partial charge on any atom is 0.317 e. The summed E-state index contributed by atoms with van der Waals surface area (Å²) in [5.74, 6) is 1.68. The number of methoxy groups -OCH3 is 2. The number of amides is 2. The minimum absolute atomic E-state index is 0.0479. The molecule has 2 heterocycles. The van der Waals surface area contributed by atoms with Crippen LogP contribution < -0.4 is 15.0 Å². The third kappa shape index (κ3) is 4.85. The number of hydrogen-bond donors (Lipinski definition) is 1. The van der Waals surface area contributed by atoms with E-state index in [1.54, 1.807) is 20.5 Å². The van der Waals surface area contributed by atoms with Crippen molar-refractivity contribution in [2.24, 2.45) is 0 Å². The number of nitrogens with zero attached hydrogens (tertiary/aromatic N) is 4. The average Bonchev–Trinajstić information content (AvgIpc) is 2.74. The zero-order chi connectivity index (χ0) is 19.1. The highest BCUT2D eigenvalue weighted by molar-refractivity contribution is 5.74. The monoisotopic (exact) mass is 371 g/mol. The van der Waals surface area contributed by atoms with Crippen molar-refractivity contribution in [1.82, 2.24) is 20.2 Å². The quantitative estimate of drug-likeness (QED) is 0.778. The highest BCUT2D eigenvalue weighted by Gasteiger charge is 2.22. The second-order valence-corrected chi connectivity index (χ2v) is 6.19. The summed E-state index contributed by atoms with van der Waals surface area (Å²) >= 11 is 0. The molecule has 2 amide bonds. The maximum absolute atomic E-state index is 12.1. The summed E-state index contributed by atoms with van der Waals surface area (Å²) in [4.78, 5) is 24.9. The fraction of sp³-hybridized carbons (Fsp3) is 0.421. The van der Waals surface area contributed by atoms with Gasteiger partial charge in [-0.15, -0.1) is 0 Å². The minimum Gasteiger partial charge on any atom is -0.497 e. The summed E-state index contributed by atoms with van der Waals surface area (Å²) in [6.07, 6.45) is 1.58. The molecule has 1 aliphatic rings. The van der Waals surface area contributed by atoms with E-state index >= 15 is 0 Å². The van der Waals surface area contributed by atoms with Gasteiger partial charge in [0.25, 0.3) is 0 Å². The minimum atomic E-state index is -0.0479. The molecule has 3 rings (SSSR count). The number of ether oxygens (including phenoxy) is 2. The summed E-state index contributed by atoms with van der Waals surface area (Å²) in [6, 6.07) is 9.72. The lowest BCUT2D eigenvalue weighted by atomic mass is 10.1. The molecule has 0 aliphatic carbocycles. The standard InChI is InChI=1S/C19H25N5O3/c1-26-12-7-20-19(25)24-10-8-23(9-11-24)18-13-17(21-14-22-18)15-3-5-16(27-2)6-4-15/h3-6,13-14H,7-12H2,1-2H3,(H,20,25). The molecular formula is C19H25N5O3. The number of carbonyl (C=O) groups excluding carboxylic acids is 1. The third-order valence-corrected chi connectivity index (χ3v) is 4.51. The van der Waals surface area contributed by atoms with Crippen molar-refractivity contribution in [2.75, 3.05) is 58.5 Å². The lowest BCUT2D eigenvalue weighted by Crippen LogP contribution is -2.52. The van der Waals surface area contributed by atoms with Gasteiger partial charge in [0.05, 0.1) is 19.4 Å². The van der Waals surface area contributed by atoms with E-state index in [1.165, 1.54) is 0 Å². The Morgan fingerprint density at radius 3 is 2.52 bits per heavy atom. The van der Waals surface area contributed by atoms with Crippen LogP contribution in [0.1, 0.15) is 0 Å². The molecule has 0 unspecified atom stereocenters. The number of hydrogen-bond acceptors (Lipinski definition) is 6. The summed E-state index contributed by atoms with van der Waals surface area (Å²) in [6.45, 7) is 3.81. The van der Waals surface area contributed by atoms with E-state index in [2.05, 4.69) is 20.2 Å². The molecule has 0 radical (unpaired) electrons. The van der Waals surface area contributed by atoms with E-state index in [0.717, 1.165) is 35.9 Å². The van der Waals surface area contributed by atoms with Crippen molar-refractivity contribution in [2.45, 2.75) is 0 Å². The van der Waals surface area contributed by atoms with E-state index < -0.39 is 0 Å². The predicted octanol–water partition coefficient (Wildman–Crippen LogP) is 1.63. The molecule has 1 aromatic carbocycles. The van der Waals surface area contributed by atoms with Gasteiger partial charge in [-0.05, 0) is 24.3 Å². The molecular weight excluding hydrogens is 346 g/mol. The molecule has 1 aromatic heterocycles. The first-order valence-electron chi connectivity index (χ1n) is 8.94. The number of urea groups is 1. The van der Waals surface area contributed by atoms with Crippen molar-refractivity contribution < 1.29 is 14.3 Å². The van der Waals surface area contributed by atoms with E-state index in [0.29, 0.717) is 26.2 Å². The topological polar surface area (TPSA) is 79.8 Å². The van der Waals surface area contributed by atoms with Crippen molar-refractivity contribution in [3.05, 3.63) is 36.7 Å². The largest absolute Gasteiger partial charge is 0.497 e. The van der Waals surface area contributed by atoms with E-state index in [4.69, 9.17) is 9.47 Å². The smallest absolute Gasteiger partial charge is 0.317 e. The highest BCUT2D eigenvalue weighted by atomic mass is 16.5. The summed E-state index contributed by atoms with van der Waals surface area (Å²) in [5, 5.41) is 2.86. The van der Waals surface area contributed by atoms with Gasteiger partial charge < -0.3 is 24.6 Å². The molecule has 8 nitrogen and oxygen atoms in total. The first-order chi connectivity index (χ1) is 13.2. The highest BCUT2D eigenvalue weighted by Crippen LogP contribution is 2.23. The van der Waals surface area contributed by atoms with Crippen molar-refractivity contribution in [3.63, 3.8) is 0 Å². The lowest BCUT2D eigenvalue weighted by Gasteiger charge is -2.35. The van der Waals surface area contributed by atoms with Crippen LogP contribution in [0.4, 0.5) is 10.6 Å². The molecule has 0 atom stereocenters. The number of carbonyl (C=O) groups is 1. The molecule has 8 heteroatoms. The van der Waals surface area contributed by atoms with E-state index in [-0.39, 0.29) is 6.03 Å². The second-order valence-electron chi connectivity index (χ2n) is 6.19. The van der Waals surface area contributed by atoms with Gasteiger partial charge in [0.1, 0.15) is 17.9 Å². The van der Waals surface area contributed by atoms with Crippen molar-refractivity contribution in [1.29, 1.82) is 0 Å². The van der Waals surface area contributed by atoms with Gasteiger partial charge in [-0.2, -0.15) is 0 Å². The van der Waals surface area contributed by atoms with Crippen LogP contribution in [-0.4, -0.2) is 74.4 Å². The molecule has 1 fully saturated rings. The summed E-state index contributed by atoms with van der Waals surface area (Å²) in [5.41, 5.74) is 1.87. The van der Waals surface area contributed by atoms with Crippen LogP contribution in [-0.2, 0) is 4.74 Å². The van der Waals surface area contributed by atoms with Gasteiger partial charge in [-0.25, -0.2) is 14.8 Å².